The summed E-state index contributed by atoms with van der Waals surface area (Å²) in [6.07, 6.45) is 7.83. The van der Waals surface area contributed by atoms with Gasteiger partial charge in [0.25, 0.3) is 5.91 Å². The minimum absolute atomic E-state index is 0.0331. The van der Waals surface area contributed by atoms with Crippen LogP contribution in [0, 0.1) is 24.7 Å². The van der Waals surface area contributed by atoms with Crippen molar-refractivity contribution in [1.82, 2.24) is 10.2 Å². The van der Waals surface area contributed by atoms with Gasteiger partial charge in [0.2, 0.25) is 12.1 Å². The lowest BCUT2D eigenvalue weighted by Crippen LogP contribution is -2.52. The highest BCUT2D eigenvalue weighted by Crippen LogP contribution is 2.36. The molecule has 2 bridgehead atoms. The largest absolute Gasteiger partial charge is 0.341 e. The van der Waals surface area contributed by atoms with Crippen LogP contribution < -0.4 is 15.5 Å². The van der Waals surface area contributed by atoms with E-state index >= 15 is 0 Å². The third-order valence-electron chi connectivity index (χ3n) is 9.09. The molecule has 4 amide bonds. The van der Waals surface area contributed by atoms with Crippen LogP contribution in [0.15, 0.2) is 53.5 Å². The number of amides is 4. The number of fused-ring (bicyclic) bond motifs is 5. The Morgan fingerprint density at radius 2 is 1.62 bits per heavy atom. The lowest BCUT2D eigenvalue weighted by atomic mass is 9.84. The summed E-state index contributed by atoms with van der Waals surface area (Å²) in [5.41, 5.74) is 4.10. The van der Waals surface area contributed by atoms with E-state index in [1.165, 1.54) is 25.7 Å². The number of carbonyl (C=O) groups excluding carboxylic acids is 3. The molecule has 0 aromatic heterocycles. The molecule has 0 radical (unpaired) electrons. The van der Waals surface area contributed by atoms with E-state index in [2.05, 4.69) is 10.6 Å². The number of benzodiazepines with no additional fused rings is 1. The summed E-state index contributed by atoms with van der Waals surface area (Å²) in [7, 11) is 0. The van der Waals surface area contributed by atoms with E-state index in [-0.39, 0.29) is 24.3 Å². The average molecular weight is 542 g/mol. The Morgan fingerprint density at radius 3 is 2.33 bits per heavy atom. The van der Waals surface area contributed by atoms with E-state index in [1.54, 1.807) is 4.90 Å². The molecule has 2 aromatic rings. The molecule has 0 unspecified atom stereocenters. The molecule has 8 heteroatoms. The summed E-state index contributed by atoms with van der Waals surface area (Å²) in [5, 5.41) is 5.67. The van der Waals surface area contributed by atoms with Gasteiger partial charge in [-0.15, -0.1) is 0 Å². The number of carbonyl (C=O) groups is 3. The third-order valence-corrected chi connectivity index (χ3v) is 9.09. The van der Waals surface area contributed by atoms with Crippen LogP contribution >= 0.6 is 0 Å². The molecule has 3 aliphatic heterocycles. The van der Waals surface area contributed by atoms with Crippen molar-refractivity contribution in [3.05, 3.63) is 59.7 Å². The fourth-order valence-corrected chi connectivity index (χ4v) is 6.99. The Balaban J connectivity index is 1.30. The number of aryl methyl sites for hydroxylation is 1. The molecule has 7 rings (SSSR count). The molecule has 3 heterocycles. The zero-order valence-corrected chi connectivity index (χ0v) is 23.3. The number of nitrogens with zero attached hydrogens (tertiary/aromatic N) is 3. The zero-order chi connectivity index (χ0) is 27.6. The van der Waals surface area contributed by atoms with Crippen molar-refractivity contribution < 1.29 is 14.4 Å². The van der Waals surface area contributed by atoms with Gasteiger partial charge in [-0.25, -0.2) is 4.79 Å². The highest BCUT2D eigenvalue weighted by Gasteiger charge is 2.38. The van der Waals surface area contributed by atoms with Crippen molar-refractivity contribution in [2.24, 2.45) is 22.7 Å². The molecule has 1 atom stereocenters. The van der Waals surface area contributed by atoms with E-state index < -0.39 is 12.2 Å². The SMILES string of the molecule is Cc1cccc(NC(=O)N[C@@H]2N=C(C3CCCC3)c3ccccc3N(CC(=O)N3CC4CCC(CC4)C3)C2=O)c1. The first kappa shape index (κ1) is 26.5. The van der Waals surface area contributed by atoms with E-state index in [4.69, 9.17) is 4.99 Å². The second kappa shape index (κ2) is 11.4. The predicted octanol–water partition coefficient (Wildman–Crippen LogP) is 5.12. The number of hydrogen-bond donors (Lipinski definition) is 2. The summed E-state index contributed by atoms with van der Waals surface area (Å²) in [4.78, 5) is 49.5. The van der Waals surface area contributed by atoms with Crippen molar-refractivity contribution in [3.8, 4) is 0 Å². The number of anilines is 2. The van der Waals surface area contributed by atoms with Gasteiger partial charge in [0.1, 0.15) is 6.54 Å². The Bertz CT molecular complexity index is 1300. The van der Waals surface area contributed by atoms with Gasteiger partial charge in [-0.2, -0.15) is 0 Å². The molecule has 5 aliphatic rings. The minimum atomic E-state index is -1.12. The van der Waals surface area contributed by atoms with E-state index in [9.17, 15) is 14.4 Å². The highest BCUT2D eigenvalue weighted by atomic mass is 16.2. The van der Waals surface area contributed by atoms with Gasteiger partial charge in [0.15, 0.2) is 0 Å². The molecule has 2 saturated carbocycles. The van der Waals surface area contributed by atoms with Crippen LogP contribution in [0.25, 0.3) is 0 Å². The highest BCUT2D eigenvalue weighted by molar-refractivity contribution is 6.15. The topological polar surface area (TPSA) is 94.1 Å². The maximum atomic E-state index is 14.1. The average Bonchev–Trinajstić information content (AvgIpc) is 3.26. The van der Waals surface area contributed by atoms with Crippen molar-refractivity contribution in [1.29, 1.82) is 0 Å². The number of nitrogens with one attached hydrogen (secondary N) is 2. The molecule has 40 heavy (non-hydrogen) atoms. The van der Waals surface area contributed by atoms with E-state index in [0.717, 1.165) is 55.6 Å². The Hall–Kier alpha value is -3.68. The minimum Gasteiger partial charge on any atom is -0.341 e. The van der Waals surface area contributed by atoms with Crippen LogP contribution in [0.1, 0.15) is 62.5 Å². The molecular formula is C32H39N5O3. The summed E-state index contributed by atoms with van der Waals surface area (Å²) in [6, 6.07) is 14.8. The summed E-state index contributed by atoms with van der Waals surface area (Å²) < 4.78 is 0. The van der Waals surface area contributed by atoms with Crippen molar-refractivity contribution >= 4 is 34.9 Å². The summed E-state index contributed by atoms with van der Waals surface area (Å²) in [5.74, 6) is 0.897. The predicted molar refractivity (Wildman–Crippen MR) is 156 cm³/mol. The first-order valence-corrected chi connectivity index (χ1v) is 14.8. The molecule has 2 N–H and O–H groups in total. The Kier molecular flexibility index (Phi) is 7.59. The van der Waals surface area contributed by atoms with Gasteiger partial charge < -0.3 is 15.5 Å². The van der Waals surface area contributed by atoms with Gasteiger partial charge >= 0.3 is 6.03 Å². The molecule has 8 nitrogen and oxygen atoms in total. The quantitative estimate of drug-likeness (QED) is 0.550. The fraction of sp³-hybridized carbons (Fsp3) is 0.500. The van der Waals surface area contributed by atoms with Gasteiger partial charge in [0, 0.05) is 30.3 Å². The van der Waals surface area contributed by atoms with Gasteiger partial charge in [-0.3, -0.25) is 19.5 Å². The van der Waals surface area contributed by atoms with Crippen molar-refractivity contribution in [3.63, 3.8) is 0 Å². The molecule has 2 saturated heterocycles. The number of benzene rings is 2. The Labute approximate surface area is 236 Å². The standard InChI is InChI=1S/C32H39N5O3/c1-21-7-6-10-25(17-21)33-32(40)35-30-31(39)37(20-28(38)36-18-22-13-14-23(19-36)16-15-22)27-12-5-4-11-26(27)29(34-30)24-8-2-3-9-24/h4-7,10-12,17,22-24,30H,2-3,8-9,13-16,18-20H2,1H3,(H2,33,35,40)/t22?,23?,30-/m0/s1. The van der Waals surface area contributed by atoms with Crippen LogP contribution in [0.2, 0.25) is 0 Å². The number of para-hydroxylation sites is 1. The number of hydrogen-bond acceptors (Lipinski definition) is 4. The first-order valence-electron chi connectivity index (χ1n) is 14.8. The molecule has 0 spiro atoms. The maximum Gasteiger partial charge on any atom is 0.321 e. The lowest BCUT2D eigenvalue weighted by Gasteiger charge is -2.29. The lowest BCUT2D eigenvalue weighted by molar-refractivity contribution is -0.132. The normalized spacial score (nSPS) is 24.7. The van der Waals surface area contributed by atoms with Crippen molar-refractivity contribution in [2.45, 2.75) is 64.5 Å². The van der Waals surface area contributed by atoms with E-state index in [1.807, 2.05) is 60.4 Å². The molecule has 2 aromatic carbocycles. The number of rotatable bonds is 5. The maximum absolute atomic E-state index is 14.1. The van der Waals surface area contributed by atoms with Crippen molar-refractivity contribution in [2.75, 3.05) is 29.9 Å². The molecular weight excluding hydrogens is 502 g/mol. The Morgan fingerprint density at radius 1 is 0.925 bits per heavy atom. The van der Waals surface area contributed by atoms with Crippen LogP contribution in [-0.4, -0.2) is 54.3 Å². The third kappa shape index (κ3) is 5.62. The zero-order valence-electron chi connectivity index (χ0n) is 23.3. The molecule has 4 fully saturated rings. The smallest absolute Gasteiger partial charge is 0.321 e. The second-order valence-electron chi connectivity index (χ2n) is 12.0. The van der Waals surface area contributed by atoms with Crippen LogP contribution in [0.3, 0.4) is 0 Å². The number of aliphatic imine (C=N–C) groups is 1. The second-order valence-corrected chi connectivity index (χ2v) is 12.0. The first-order chi connectivity index (χ1) is 19.4. The fourth-order valence-electron chi connectivity index (χ4n) is 6.99. The summed E-state index contributed by atoms with van der Waals surface area (Å²) in [6.45, 7) is 3.44. The van der Waals surface area contributed by atoms with Gasteiger partial charge in [-0.1, -0.05) is 43.2 Å². The van der Waals surface area contributed by atoms with Crippen LogP contribution in [0.4, 0.5) is 16.2 Å². The van der Waals surface area contributed by atoms with Crippen LogP contribution in [0.5, 0.6) is 0 Å². The van der Waals surface area contributed by atoms with Gasteiger partial charge in [0.05, 0.1) is 11.4 Å². The molecule has 210 valence electrons. The van der Waals surface area contributed by atoms with E-state index in [0.29, 0.717) is 23.2 Å². The van der Waals surface area contributed by atoms with Crippen LogP contribution in [-0.2, 0) is 9.59 Å². The number of urea groups is 1. The van der Waals surface area contributed by atoms with Gasteiger partial charge in [-0.05, 0) is 81.0 Å². The monoisotopic (exact) mass is 541 g/mol. The molecule has 2 aliphatic carbocycles. The summed E-state index contributed by atoms with van der Waals surface area (Å²) >= 11 is 0.